The summed E-state index contributed by atoms with van der Waals surface area (Å²) < 4.78 is 0. The van der Waals surface area contributed by atoms with Crippen LogP contribution in [0.15, 0.2) is 12.4 Å². The summed E-state index contributed by atoms with van der Waals surface area (Å²) in [7, 11) is 0. The Balaban J connectivity index is 2.54. The van der Waals surface area contributed by atoms with E-state index in [1.165, 1.54) is 12.4 Å². The van der Waals surface area contributed by atoms with E-state index >= 15 is 0 Å². The first-order chi connectivity index (χ1) is 3.79. The van der Waals surface area contributed by atoms with Crippen molar-refractivity contribution in [3.05, 3.63) is 12.4 Å². The van der Waals surface area contributed by atoms with Gasteiger partial charge in [-0.1, -0.05) is 0 Å². The first-order valence-electron chi connectivity index (χ1n) is 2.07. The molecular weight excluding hydrogens is 108 g/mol. The summed E-state index contributed by atoms with van der Waals surface area (Å²) in [5.41, 5.74) is 2.25. The van der Waals surface area contributed by atoms with Crippen LogP contribution in [0.1, 0.15) is 0 Å². The third-order valence-electron chi connectivity index (χ3n) is 0.680. The zero-order chi connectivity index (χ0) is 5.98. The van der Waals surface area contributed by atoms with Crippen molar-refractivity contribution in [2.75, 3.05) is 0 Å². The van der Waals surface area contributed by atoms with Gasteiger partial charge >= 0.3 is 6.03 Å². The van der Waals surface area contributed by atoms with Gasteiger partial charge in [-0.05, 0) is 0 Å². The molecule has 0 bridgehead atoms. The molecular formula is C3H6N4O. The lowest BCUT2D eigenvalue weighted by Gasteiger charge is -2.17. The average Bonchev–Trinajstić information content (AvgIpc) is 1.64. The molecule has 2 amide bonds. The van der Waals surface area contributed by atoms with E-state index in [-0.39, 0.29) is 6.03 Å². The van der Waals surface area contributed by atoms with Gasteiger partial charge in [0.15, 0.2) is 0 Å². The summed E-state index contributed by atoms with van der Waals surface area (Å²) in [5.74, 6) is 5.10. The average molecular weight is 114 g/mol. The van der Waals surface area contributed by atoms with Crippen molar-refractivity contribution < 1.29 is 4.79 Å². The zero-order valence-corrected chi connectivity index (χ0v) is 4.09. The maximum Gasteiger partial charge on any atom is 0.338 e. The van der Waals surface area contributed by atoms with Gasteiger partial charge in [-0.3, -0.25) is 0 Å². The first kappa shape index (κ1) is 4.92. The third kappa shape index (κ3) is 0.881. The fourth-order valence-corrected chi connectivity index (χ4v) is 0.380. The van der Waals surface area contributed by atoms with E-state index in [0.717, 1.165) is 5.12 Å². The molecule has 4 N–H and O–H groups in total. The molecule has 0 fully saturated rings. The molecule has 0 spiro atoms. The van der Waals surface area contributed by atoms with E-state index in [4.69, 9.17) is 5.84 Å². The molecule has 0 saturated heterocycles. The van der Waals surface area contributed by atoms with Crippen molar-refractivity contribution in [3.8, 4) is 0 Å². The second-order valence-electron chi connectivity index (χ2n) is 1.31. The Labute approximate surface area is 46.1 Å². The van der Waals surface area contributed by atoms with Crippen LogP contribution in [-0.2, 0) is 0 Å². The van der Waals surface area contributed by atoms with Crippen LogP contribution in [-0.4, -0.2) is 11.1 Å². The van der Waals surface area contributed by atoms with Crippen molar-refractivity contribution in [3.63, 3.8) is 0 Å². The van der Waals surface area contributed by atoms with E-state index in [9.17, 15) is 4.79 Å². The number of hydrogen-bond donors (Lipinski definition) is 3. The molecule has 0 saturated carbocycles. The minimum atomic E-state index is -0.324. The number of carbonyl (C=O) groups excluding carboxylic acids is 1. The van der Waals surface area contributed by atoms with Crippen molar-refractivity contribution in [2.24, 2.45) is 5.84 Å². The van der Waals surface area contributed by atoms with E-state index in [2.05, 4.69) is 10.7 Å². The Morgan fingerprint density at radius 1 is 1.75 bits per heavy atom. The summed E-state index contributed by atoms with van der Waals surface area (Å²) in [5, 5.41) is 3.43. The van der Waals surface area contributed by atoms with Crippen molar-refractivity contribution in [1.29, 1.82) is 0 Å². The quantitative estimate of drug-likeness (QED) is 0.349. The molecule has 1 rings (SSSR count). The first-order valence-corrected chi connectivity index (χ1v) is 2.07. The maximum absolute atomic E-state index is 10.3. The molecule has 1 heterocycles. The largest absolute Gasteiger partial charge is 0.338 e. The molecule has 0 atom stereocenters. The predicted octanol–water partition coefficient (Wildman–Crippen LogP) is -1.14. The zero-order valence-electron chi connectivity index (χ0n) is 4.09. The molecule has 0 aromatic heterocycles. The molecule has 0 aromatic carbocycles. The smallest absolute Gasteiger partial charge is 0.312 e. The fourth-order valence-electron chi connectivity index (χ4n) is 0.380. The molecule has 0 aliphatic carbocycles. The normalized spacial score (nSPS) is 17.6. The molecule has 0 aromatic rings. The Morgan fingerprint density at radius 2 is 2.50 bits per heavy atom. The van der Waals surface area contributed by atoms with Crippen LogP contribution < -0.4 is 16.6 Å². The Kier molecular flexibility index (Phi) is 1.05. The highest BCUT2D eigenvalue weighted by atomic mass is 16.2. The van der Waals surface area contributed by atoms with Gasteiger partial charge in [0.05, 0.1) is 6.20 Å². The van der Waals surface area contributed by atoms with Gasteiger partial charge in [0.2, 0.25) is 0 Å². The lowest BCUT2D eigenvalue weighted by atomic mass is 10.8. The van der Waals surface area contributed by atoms with Crippen LogP contribution in [0, 0.1) is 0 Å². The van der Waals surface area contributed by atoms with Gasteiger partial charge < -0.3 is 5.32 Å². The molecule has 0 radical (unpaired) electrons. The highest BCUT2D eigenvalue weighted by Crippen LogP contribution is 1.78. The SMILES string of the molecule is NN1C=CNC(=O)N1. The van der Waals surface area contributed by atoms with E-state index in [1.54, 1.807) is 0 Å². The number of hydrazine groups is 2. The Hall–Kier alpha value is -1.23. The molecule has 5 heteroatoms. The molecule has 1 aliphatic rings. The number of carbonyl (C=O) groups is 1. The van der Waals surface area contributed by atoms with Gasteiger partial charge in [-0.15, -0.1) is 0 Å². The predicted molar refractivity (Wildman–Crippen MR) is 26.8 cm³/mol. The number of rotatable bonds is 0. The molecule has 1 aliphatic heterocycles. The van der Waals surface area contributed by atoms with E-state index in [1.807, 2.05) is 0 Å². The van der Waals surface area contributed by atoms with Crippen LogP contribution in [0.25, 0.3) is 0 Å². The van der Waals surface area contributed by atoms with Gasteiger partial charge in [-0.2, -0.15) is 0 Å². The monoisotopic (exact) mass is 114 g/mol. The van der Waals surface area contributed by atoms with Gasteiger partial charge in [-0.25, -0.2) is 21.2 Å². The van der Waals surface area contributed by atoms with Gasteiger partial charge in [0.1, 0.15) is 0 Å². The topological polar surface area (TPSA) is 70.4 Å². The third-order valence-corrected chi connectivity index (χ3v) is 0.680. The number of hydrogen-bond acceptors (Lipinski definition) is 3. The lowest BCUT2D eigenvalue weighted by Crippen LogP contribution is -2.50. The summed E-state index contributed by atoms with van der Waals surface area (Å²) in [6, 6.07) is -0.324. The van der Waals surface area contributed by atoms with Gasteiger partial charge in [0.25, 0.3) is 0 Å². The number of amides is 2. The van der Waals surface area contributed by atoms with Gasteiger partial charge in [0, 0.05) is 6.20 Å². The lowest BCUT2D eigenvalue weighted by molar-refractivity contribution is 0.207. The minimum absolute atomic E-state index is 0.324. The second-order valence-corrected chi connectivity index (χ2v) is 1.31. The Bertz CT molecular complexity index is 131. The number of nitrogens with zero attached hydrogens (tertiary/aromatic N) is 1. The second kappa shape index (κ2) is 1.71. The van der Waals surface area contributed by atoms with E-state index in [0.29, 0.717) is 0 Å². The minimum Gasteiger partial charge on any atom is -0.312 e. The maximum atomic E-state index is 10.3. The summed E-state index contributed by atoms with van der Waals surface area (Å²) in [4.78, 5) is 10.3. The summed E-state index contributed by atoms with van der Waals surface area (Å²) in [6.07, 6.45) is 2.93. The number of nitrogens with two attached hydrogens (primary N) is 1. The summed E-state index contributed by atoms with van der Waals surface area (Å²) in [6.45, 7) is 0. The van der Waals surface area contributed by atoms with E-state index < -0.39 is 0 Å². The van der Waals surface area contributed by atoms with Crippen LogP contribution in [0.5, 0.6) is 0 Å². The standard InChI is InChI=1S/C3H6N4O/c4-7-2-1-5-3(8)6-7/h1-2H,4H2,(H2,5,6,8). The van der Waals surface area contributed by atoms with Crippen LogP contribution in [0.4, 0.5) is 4.79 Å². The number of nitrogens with one attached hydrogen (secondary N) is 2. The fraction of sp³-hybridized carbons (Fsp3) is 0. The van der Waals surface area contributed by atoms with Crippen LogP contribution in [0.2, 0.25) is 0 Å². The molecule has 8 heavy (non-hydrogen) atoms. The van der Waals surface area contributed by atoms with Crippen molar-refractivity contribution in [1.82, 2.24) is 15.9 Å². The highest BCUT2D eigenvalue weighted by Gasteiger charge is 2.02. The molecule has 5 nitrogen and oxygen atoms in total. The van der Waals surface area contributed by atoms with Crippen LogP contribution >= 0.6 is 0 Å². The summed E-state index contributed by atoms with van der Waals surface area (Å²) >= 11 is 0. The van der Waals surface area contributed by atoms with Crippen molar-refractivity contribution in [2.45, 2.75) is 0 Å². The number of urea groups is 1. The highest BCUT2D eigenvalue weighted by molar-refractivity contribution is 5.75. The molecule has 0 unspecified atom stereocenters. The van der Waals surface area contributed by atoms with Crippen LogP contribution in [0.3, 0.4) is 0 Å². The molecule has 44 valence electrons. The Morgan fingerprint density at radius 3 is 2.88 bits per heavy atom. The van der Waals surface area contributed by atoms with Crippen molar-refractivity contribution >= 4 is 6.03 Å².